The van der Waals surface area contributed by atoms with E-state index >= 15 is 0 Å². The van der Waals surface area contributed by atoms with Crippen molar-refractivity contribution in [1.82, 2.24) is 0 Å². The van der Waals surface area contributed by atoms with Crippen LogP contribution in [-0.2, 0) is 27.1 Å². The molecule has 0 saturated heterocycles. The van der Waals surface area contributed by atoms with E-state index in [-0.39, 0.29) is 27.9 Å². The zero-order valence-corrected chi connectivity index (χ0v) is 55.8. The van der Waals surface area contributed by atoms with Gasteiger partial charge in [-0.05, 0) is 206 Å². The van der Waals surface area contributed by atoms with E-state index in [1.807, 2.05) is 68.4 Å². The topological polar surface area (TPSA) is 6.48 Å². The molecule has 0 saturated carbocycles. The van der Waals surface area contributed by atoms with Crippen LogP contribution in [0.3, 0.4) is 0 Å². The van der Waals surface area contributed by atoms with Gasteiger partial charge in [-0.1, -0.05) is 334 Å². The molecule has 3 aliphatic carbocycles. The summed E-state index contributed by atoms with van der Waals surface area (Å²) in [5.41, 5.74) is 9.35. The number of hydrogen-bond donors (Lipinski definition) is 0. The predicted octanol–water partition coefficient (Wildman–Crippen LogP) is 26.1. The van der Waals surface area contributed by atoms with Gasteiger partial charge in [0, 0.05) is 34.1 Å². The van der Waals surface area contributed by atoms with Crippen molar-refractivity contribution in [3.8, 4) is 66.8 Å². The second-order valence-electron chi connectivity index (χ2n) is 27.1. The first-order chi connectivity index (χ1) is 59.4. The van der Waals surface area contributed by atoms with Gasteiger partial charge in [-0.3, -0.25) is 0 Å². The normalized spacial score (nSPS) is 18.7. The molecule has 0 amide bonds. The highest BCUT2D eigenvalue weighted by Crippen LogP contribution is 2.59. The van der Waals surface area contributed by atoms with Crippen LogP contribution in [0.5, 0.6) is 0 Å². The smallest absolute Gasteiger partial charge is 0.0713 e. The monoisotopic (exact) mass is 1300 g/mol. The highest BCUT2D eigenvalue weighted by Gasteiger charge is 2.49. The Hall–Kier alpha value is -11.3. The first-order valence-electron chi connectivity index (χ1n) is 46.4. The maximum Gasteiger partial charge on any atom is 0.0713 e. The van der Waals surface area contributed by atoms with Crippen molar-refractivity contribution in [2.24, 2.45) is 0 Å². The van der Waals surface area contributed by atoms with Crippen LogP contribution in [0.25, 0.3) is 66.8 Å². The average molecular weight is 1300 g/mol. The Kier molecular flexibility index (Phi) is 9.75. The fraction of sp³-hybridized carbons (Fsp3) is 0.134. The van der Waals surface area contributed by atoms with Gasteiger partial charge in [-0.25, -0.2) is 0 Å². The Labute approximate surface area is 623 Å². The lowest BCUT2D eigenvalue weighted by molar-refractivity contribution is 0.299. The fourth-order valence-electron chi connectivity index (χ4n) is 14.8. The van der Waals surface area contributed by atoms with Crippen molar-refractivity contribution in [2.75, 3.05) is 9.80 Å². The van der Waals surface area contributed by atoms with E-state index in [1.54, 1.807) is 23.1 Å². The maximum atomic E-state index is 9.67. The Morgan fingerprint density at radius 3 is 0.838 bits per heavy atom. The van der Waals surface area contributed by atoms with Gasteiger partial charge in [-0.2, -0.15) is 0 Å². The summed E-state index contributed by atoms with van der Waals surface area (Å²) in [6.07, 6.45) is 0. The molecule has 0 atom stereocenters. The first-order valence-corrected chi connectivity index (χ1v) is 32.9. The van der Waals surface area contributed by atoms with Crippen LogP contribution in [0.4, 0.5) is 34.1 Å². The van der Waals surface area contributed by atoms with E-state index in [1.165, 1.54) is 5.56 Å². The van der Waals surface area contributed by atoms with Crippen molar-refractivity contribution in [1.29, 1.82) is 0 Å². The summed E-state index contributed by atoms with van der Waals surface area (Å²) < 4.78 is 238. The van der Waals surface area contributed by atoms with Gasteiger partial charge in [0.05, 0.1) is 42.4 Å². The van der Waals surface area contributed by atoms with Crippen molar-refractivity contribution in [3.63, 3.8) is 0 Å². The quantitative estimate of drug-likeness (QED) is 0.127. The molecule has 0 radical (unpaired) electrons. The average Bonchev–Trinajstić information content (AvgIpc) is 1.67. The molecule has 17 rings (SSSR count). The maximum absolute atomic E-state index is 9.67. The third kappa shape index (κ3) is 10.4. The number of benzene rings is 14. The lowest BCUT2D eigenvalue weighted by Gasteiger charge is -2.48. The minimum atomic E-state index is -0.820. The second-order valence-corrected chi connectivity index (χ2v) is 27.1. The number of rotatable bonds is 11. The van der Waals surface area contributed by atoms with Gasteiger partial charge in [0.15, 0.2) is 0 Å². The Balaban J connectivity index is 0.000000186. The molecule has 99 heavy (non-hydrogen) atoms. The summed E-state index contributed by atoms with van der Waals surface area (Å²) in [6.45, 7) is 17.2. The van der Waals surface area contributed by atoms with Crippen molar-refractivity contribution in [2.45, 2.75) is 82.5 Å². The van der Waals surface area contributed by atoms with E-state index in [0.29, 0.717) is 11.4 Å². The molecule has 0 fully saturated rings. The van der Waals surface area contributed by atoms with Gasteiger partial charge >= 0.3 is 0 Å². The van der Waals surface area contributed by atoms with E-state index in [4.69, 9.17) is 20.6 Å². The molecule has 3 aliphatic rings. The Bertz CT molecular complexity index is 6660. The molecule has 0 spiro atoms. The standard InChI is InChI=1S/C55H45N.C42H37N/c1-53(2)49-24-14-11-21-45(49)48-36-35-44(37-52(48)54(53,3)4)56(42-31-27-39(28-32-42)38-17-7-5-8-18-38)43-33-29-41(30-34-43)55(40-19-9-6-10-20-40)50-25-15-12-22-46(50)47-23-13-16-26-51(47)55;1-41(2)39-18-12-11-17-37(39)38-28-27-36(29-40(38)42(41,3)4)43(34-23-19-32(20-24-34)30-13-7-5-8-14-30)35-25-21-33(22-26-35)31-15-9-6-10-16-31/h5-37H,1-4H3;5-29H,1-4H3/i5D,7D,8D,17D,18D,27D,28D,31D,32D;5D,6D,7D,8D,9D,10D,13D,14D,15D,16D,19D,20D,21D,22D,23D,24D,25D,26D. The van der Waals surface area contributed by atoms with Gasteiger partial charge in [0.1, 0.15) is 0 Å². The molecule has 0 N–H and O–H groups in total. The summed E-state index contributed by atoms with van der Waals surface area (Å²) in [4.78, 5) is 2.83. The van der Waals surface area contributed by atoms with E-state index in [0.717, 1.165) is 77.2 Å². The molecule has 0 unspecified atom stereocenters. The molecule has 14 aromatic rings. The summed E-state index contributed by atoms with van der Waals surface area (Å²) in [5.74, 6) is 0. The zero-order chi connectivity index (χ0) is 91.2. The van der Waals surface area contributed by atoms with Crippen LogP contribution in [0.15, 0.2) is 351 Å². The molecular formula is C97H82N2. The molecular weight excluding hydrogens is 1190 g/mol. The van der Waals surface area contributed by atoms with Crippen molar-refractivity contribution < 1.29 is 37.0 Å². The number of nitrogens with zero attached hydrogens (tertiary/aromatic N) is 2. The molecule has 0 bridgehead atoms. The van der Waals surface area contributed by atoms with Crippen LogP contribution in [0.1, 0.15) is 137 Å². The predicted molar refractivity (Wildman–Crippen MR) is 419 cm³/mol. The molecule has 14 aromatic carbocycles. The highest BCUT2D eigenvalue weighted by molar-refractivity contribution is 5.89. The number of anilines is 6. The van der Waals surface area contributed by atoms with E-state index in [9.17, 15) is 16.4 Å². The van der Waals surface area contributed by atoms with Crippen molar-refractivity contribution in [3.05, 3.63) is 396 Å². The van der Waals surface area contributed by atoms with Crippen molar-refractivity contribution >= 4 is 34.1 Å². The molecule has 0 aromatic heterocycles. The first kappa shape index (κ1) is 39.2. The lowest BCUT2D eigenvalue weighted by Crippen LogP contribution is -2.43. The van der Waals surface area contributed by atoms with Crippen LogP contribution in [0, 0.1) is 0 Å². The summed E-state index contributed by atoms with van der Waals surface area (Å²) in [7, 11) is 0. The molecule has 0 aliphatic heterocycles. The molecule has 2 heteroatoms. The summed E-state index contributed by atoms with van der Waals surface area (Å²) in [6, 6.07) is 44.2. The molecule has 0 heterocycles. The van der Waals surface area contributed by atoms with E-state index in [2.05, 4.69) is 157 Å². The summed E-state index contributed by atoms with van der Waals surface area (Å²) >= 11 is 0. The third-order valence-electron chi connectivity index (χ3n) is 21.2. The van der Waals surface area contributed by atoms with E-state index < -0.39 is 218 Å². The molecule has 480 valence electrons. The fourth-order valence-corrected chi connectivity index (χ4v) is 14.8. The third-order valence-corrected chi connectivity index (χ3v) is 21.2. The lowest BCUT2D eigenvalue weighted by atomic mass is 9.55. The summed E-state index contributed by atoms with van der Waals surface area (Å²) in [5, 5.41) is 0. The Morgan fingerprint density at radius 1 is 0.212 bits per heavy atom. The number of fused-ring (bicyclic) bond motifs is 9. The van der Waals surface area contributed by atoms with Gasteiger partial charge in [-0.15, -0.1) is 0 Å². The largest absolute Gasteiger partial charge is 0.310 e. The second kappa shape index (κ2) is 24.6. The van der Waals surface area contributed by atoms with Crippen LogP contribution >= 0.6 is 0 Å². The molecule has 2 nitrogen and oxygen atoms in total. The minimum Gasteiger partial charge on any atom is -0.310 e. The van der Waals surface area contributed by atoms with Gasteiger partial charge in [0.2, 0.25) is 0 Å². The SMILES string of the molecule is [2H]c1c([2H])c([2H])c(-c2c([2H])c([2H])c(N(c3ccc(C4(c5ccccc5)c5ccccc5-c5ccccc54)cc3)c3ccc4c(c3)C(C)(C)C(C)(C)c3ccccc3-4)c([2H])c2[2H])c([2H])c1[2H].[2H]c1c([2H])c([2H])c(-c2c([2H])c([2H])c(N(c3ccc4c(c3)C(C)(C)C(C)(C)c3ccccc3-4)c3c([2H])c([2H])c(-c4c([2H])c([2H])c([2H])c([2H])c4[2H])c([2H])c3[2H])c([2H])c2[2H])c([2H])c1[2H]. The minimum absolute atomic E-state index is 0.0357. The Morgan fingerprint density at radius 2 is 0.475 bits per heavy atom. The van der Waals surface area contributed by atoms with Crippen LogP contribution in [0.2, 0.25) is 0 Å². The van der Waals surface area contributed by atoms with Crippen LogP contribution in [-0.4, -0.2) is 0 Å². The van der Waals surface area contributed by atoms with Gasteiger partial charge in [0.25, 0.3) is 0 Å². The van der Waals surface area contributed by atoms with Crippen LogP contribution < -0.4 is 9.80 Å². The highest BCUT2D eigenvalue weighted by atomic mass is 15.1. The number of hydrogen-bond acceptors (Lipinski definition) is 2. The van der Waals surface area contributed by atoms with Gasteiger partial charge < -0.3 is 9.80 Å². The zero-order valence-electron chi connectivity index (χ0n) is 82.8.